The van der Waals surface area contributed by atoms with E-state index in [2.05, 4.69) is 43.4 Å². The first-order valence-electron chi connectivity index (χ1n) is 8.68. The van der Waals surface area contributed by atoms with E-state index in [1.165, 1.54) is 12.5 Å². The highest BCUT2D eigenvalue weighted by Crippen LogP contribution is 2.36. The van der Waals surface area contributed by atoms with Gasteiger partial charge in [-0.25, -0.2) is 0 Å². The maximum Gasteiger partial charge on any atom is 0.304 e. The molecule has 1 N–H and O–H groups in total. The summed E-state index contributed by atoms with van der Waals surface area (Å²) >= 11 is 1.66. The van der Waals surface area contributed by atoms with Gasteiger partial charge in [-0.15, -0.1) is 0 Å². The number of Topliss-reactive ketones (excluding diaryl/α,β-unsaturated/α-hetero) is 1. The summed E-state index contributed by atoms with van der Waals surface area (Å²) in [5.74, 6) is -0.153. The third-order valence-corrected chi connectivity index (χ3v) is 5.63. The first-order valence-corrected chi connectivity index (χ1v) is 9.50. The van der Waals surface area contributed by atoms with Crippen molar-refractivity contribution in [1.29, 1.82) is 0 Å². The summed E-state index contributed by atoms with van der Waals surface area (Å²) in [6, 6.07) is 14.3. The highest BCUT2D eigenvalue weighted by Gasteiger charge is 2.47. The van der Waals surface area contributed by atoms with Crippen LogP contribution in [-0.4, -0.2) is 24.5 Å². The van der Waals surface area contributed by atoms with Crippen LogP contribution in [0.2, 0.25) is 0 Å². The zero-order chi connectivity index (χ0) is 18.9. The Bertz CT molecular complexity index is 845. The third-order valence-electron chi connectivity index (χ3n) is 4.63. The summed E-state index contributed by atoms with van der Waals surface area (Å²) in [6.45, 7) is 5.67. The van der Waals surface area contributed by atoms with E-state index in [1.807, 2.05) is 18.2 Å². The molecule has 0 bridgehead atoms. The van der Waals surface area contributed by atoms with Crippen LogP contribution >= 0.6 is 11.8 Å². The highest BCUT2D eigenvalue weighted by molar-refractivity contribution is 7.99. The first-order chi connectivity index (χ1) is 12.3. The molecule has 1 unspecified atom stereocenters. The fourth-order valence-electron chi connectivity index (χ4n) is 3.20. The van der Waals surface area contributed by atoms with Crippen molar-refractivity contribution >= 4 is 23.5 Å². The summed E-state index contributed by atoms with van der Waals surface area (Å²) in [4.78, 5) is 26.3. The summed E-state index contributed by atoms with van der Waals surface area (Å²) in [5, 5.41) is 2.89. The molecule has 0 radical (unpaired) electrons. The van der Waals surface area contributed by atoms with Crippen molar-refractivity contribution in [3.63, 3.8) is 0 Å². The number of carbonyl (C=O) groups is 2. The lowest BCUT2D eigenvalue weighted by Gasteiger charge is -2.25. The van der Waals surface area contributed by atoms with Crippen molar-refractivity contribution in [2.45, 2.75) is 48.6 Å². The van der Waals surface area contributed by atoms with Crippen LogP contribution in [0.25, 0.3) is 0 Å². The molecule has 136 valence electrons. The maximum absolute atomic E-state index is 12.7. The van der Waals surface area contributed by atoms with E-state index >= 15 is 0 Å². The van der Waals surface area contributed by atoms with Crippen LogP contribution in [0.4, 0.5) is 0 Å². The van der Waals surface area contributed by atoms with E-state index in [4.69, 9.17) is 4.74 Å². The van der Waals surface area contributed by atoms with E-state index in [0.717, 1.165) is 15.4 Å². The predicted molar refractivity (Wildman–Crippen MR) is 103 cm³/mol. The van der Waals surface area contributed by atoms with Gasteiger partial charge < -0.3 is 4.74 Å². The van der Waals surface area contributed by atoms with Crippen molar-refractivity contribution in [2.24, 2.45) is 0 Å². The SMILES string of the molecule is CNC1(OC(C)=O)Cc2cc(Sc3ccc(C(C)C)cc3)ccc2C1=O. The molecule has 0 saturated heterocycles. The Balaban J connectivity index is 1.83. The average molecular weight is 369 g/mol. The number of hydrogen-bond acceptors (Lipinski definition) is 5. The van der Waals surface area contributed by atoms with Gasteiger partial charge >= 0.3 is 5.97 Å². The zero-order valence-corrected chi connectivity index (χ0v) is 16.3. The predicted octanol–water partition coefficient (Wildman–Crippen LogP) is 4.18. The monoisotopic (exact) mass is 369 g/mol. The van der Waals surface area contributed by atoms with E-state index < -0.39 is 11.7 Å². The molecule has 0 fully saturated rings. The molecule has 4 nitrogen and oxygen atoms in total. The van der Waals surface area contributed by atoms with E-state index in [-0.39, 0.29) is 5.78 Å². The second-order valence-corrected chi connectivity index (χ2v) is 7.97. The van der Waals surface area contributed by atoms with Crippen LogP contribution in [-0.2, 0) is 16.0 Å². The van der Waals surface area contributed by atoms with E-state index in [9.17, 15) is 9.59 Å². The number of benzene rings is 2. The molecule has 0 aromatic heterocycles. The number of rotatable bonds is 5. The molecule has 0 heterocycles. The molecule has 1 aliphatic carbocycles. The van der Waals surface area contributed by atoms with Gasteiger partial charge in [0.2, 0.25) is 11.5 Å². The van der Waals surface area contributed by atoms with Crippen LogP contribution < -0.4 is 5.32 Å². The second kappa shape index (κ2) is 7.25. The van der Waals surface area contributed by atoms with Gasteiger partial charge in [0.25, 0.3) is 0 Å². The molecule has 2 aromatic rings. The second-order valence-electron chi connectivity index (χ2n) is 6.82. The molecule has 0 spiro atoms. The number of nitrogens with one attached hydrogen (secondary N) is 1. The van der Waals surface area contributed by atoms with Gasteiger partial charge in [0.1, 0.15) is 0 Å². The smallest absolute Gasteiger partial charge is 0.304 e. The van der Waals surface area contributed by atoms with Gasteiger partial charge in [-0.3, -0.25) is 14.9 Å². The number of carbonyl (C=O) groups excluding carboxylic acids is 2. The van der Waals surface area contributed by atoms with Gasteiger partial charge in [0.15, 0.2) is 0 Å². The van der Waals surface area contributed by atoms with Crippen LogP contribution in [0.3, 0.4) is 0 Å². The molecule has 0 amide bonds. The first kappa shape index (κ1) is 18.7. The third kappa shape index (κ3) is 3.55. The fourth-order valence-corrected chi connectivity index (χ4v) is 4.09. The Morgan fingerprint density at radius 1 is 1.15 bits per heavy atom. The minimum atomic E-state index is -1.28. The molecule has 3 rings (SSSR count). The Morgan fingerprint density at radius 3 is 2.38 bits per heavy atom. The van der Waals surface area contributed by atoms with Crippen LogP contribution in [0.1, 0.15) is 48.2 Å². The van der Waals surface area contributed by atoms with Crippen molar-refractivity contribution in [1.82, 2.24) is 5.32 Å². The lowest BCUT2D eigenvalue weighted by molar-refractivity contribution is -0.154. The van der Waals surface area contributed by atoms with Crippen molar-refractivity contribution < 1.29 is 14.3 Å². The number of ether oxygens (including phenoxy) is 1. The minimum absolute atomic E-state index is 0.192. The Morgan fingerprint density at radius 2 is 1.81 bits per heavy atom. The van der Waals surface area contributed by atoms with E-state index in [0.29, 0.717) is 17.9 Å². The van der Waals surface area contributed by atoms with Gasteiger partial charge in [-0.2, -0.15) is 0 Å². The van der Waals surface area contributed by atoms with Crippen LogP contribution in [0, 0.1) is 0 Å². The molecule has 26 heavy (non-hydrogen) atoms. The molecule has 5 heteroatoms. The van der Waals surface area contributed by atoms with Crippen molar-refractivity contribution in [3.8, 4) is 0 Å². The number of ketones is 1. The van der Waals surface area contributed by atoms with Gasteiger partial charge in [-0.1, -0.05) is 37.7 Å². The molecule has 1 atom stereocenters. The van der Waals surface area contributed by atoms with E-state index in [1.54, 1.807) is 18.8 Å². The minimum Gasteiger partial charge on any atom is -0.436 e. The fraction of sp³-hybridized carbons (Fsp3) is 0.333. The average Bonchev–Trinajstić information content (AvgIpc) is 2.87. The number of hydrogen-bond donors (Lipinski definition) is 1. The number of likely N-dealkylation sites (N-methyl/N-ethyl adjacent to an activating group) is 1. The molecular formula is C21H23NO3S. The molecular weight excluding hydrogens is 346 g/mol. The van der Waals surface area contributed by atoms with Crippen molar-refractivity contribution in [2.75, 3.05) is 7.05 Å². The number of fused-ring (bicyclic) bond motifs is 1. The maximum atomic E-state index is 12.7. The lowest BCUT2D eigenvalue weighted by Crippen LogP contribution is -2.52. The highest BCUT2D eigenvalue weighted by atomic mass is 32.2. The normalized spacial score (nSPS) is 18.9. The van der Waals surface area contributed by atoms with Crippen LogP contribution in [0.5, 0.6) is 0 Å². The quantitative estimate of drug-likeness (QED) is 0.633. The Hall–Kier alpha value is -2.11. The van der Waals surface area contributed by atoms with Gasteiger partial charge in [0.05, 0.1) is 0 Å². The van der Waals surface area contributed by atoms with Crippen LogP contribution in [0.15, 0.2) is 52.3 Å². The Labute approximate surface area is 158 Å². The summed E-state index contributed by atoms with van der Waals surface area (Å²) in [5.41, 5.74) is 1.54. The summed E-state index contributed by atoms with van der Waals surface area (Å²) in [7, 11) is 1.64. The zero-order valence-electron chi connectivity index (χ0n) is 15.5. The molecule has 2 aromatic carbocycles. The summed E-state index contributed by atoms with van der Waals surface area (Å²) < 4.78 is 5.33. The van der Waals surface area contributed by atoms with Crippen molar-refractivity contribution in [3.05, 3.63) is 59.2 Å². The molecule has 1 aliphatic rings. The largest absolute Gasteiger partial charge is 0.436 e. The topological polar surface area (TPSA) is 55.4 Å². The standard InChI is InChI=1S/C21H23NO3S/c1-13(2)15-5-7-17(8-6-15)26-18-9-10-19-16(11-18)12-21(22-4,20(19)24)25-14(3)23/h5-11,13,22H,12H2,1-4H3. The molecule has 0 saturated carbocycles. The number of esters is 1. The van der Waals surface area contributed by atoms with Gasteiger partial charge in [-0.05, 0) is 54.4 Å². The Kier molecular flexibility index (Phi) is 5.21. The lowest BCUT2D eigenvalue weighted by atomic mass is 10.0. The van der Waals surface area contributed by atoms with Gasteiger partial charge in [0, 0.05) is 28.7 Å². The summed E-state index contributed by atoms with van der Waals surface area (Å²) in [6.07, 6.45) is 0.345. The molecule has 0 aliphatic heterocycles.